The third-order valence-corrected chi connectivity index (χ3v) is 2.17. The number of carbonyl (C=O) groups excluding carboxylic acids is 1. The van der Waals surface area contributed by atoms with E-state index < -0.39 is 29.9 Å². The summed E-state index contributed by atoms with van der Waals surface area (Å²) < 4.78 is 0. The van der Waals surface area contributed by atoms with Crippen LogP contribution in [-0.2, 0) is 14.4 Å². The van der Waals surface area contributed by atoms with E-state index in [0.29, 0.717) is 0 Å². The zero-order chi connectivity index (χ0) is 12.7. The molecule has 16 heavy (non-hydrogen) atoms. The van der Waals surface area contributed by atoms with Crippen LogP contribution in [0.4, 0.5) is 0 Å². The highest BCUT2D eigenvalue weighted by Gasteiger charge is 2.22. The van der Waals surface area contributed by atoms with Gasteiger partial charge in [0, 0.05) is 12.2 Å². The molecule has 0 aromatic heterocycles. The number of carbonyl (C=O) groups is 3. The number of rotatable bonds is 7. The van der Waals surface area contributed by atoms with E-state index in [-0.39, 0.29) is 18.6 Å². The molecule has 1 unspecified atom stereocenters. The molecule has 7 nitrogen and oxygen atoms in total. The molecule has 0 rings (SSSR count). The summed E-state index contributed by atoms with van der Waals surface area (Å²) in [7, 11) is 0. The van der Waals surface area contributed by atoms with Gasteiger partial charge >= 0.3 is 11.9 Å². The minimum Gasteiger partial charge on any atom is -0.481 e. The number of hydrogen-bond acceptors (Lipinski definition) is 5. The summed E-state index contributed by atoms with van der Waals surface area (Å²) in [6.45, 7) is 0. The summed E-state index contributed by atoms with van der Waals surface area (Å²) >= 11 is 3.75. The van der Waals surface area contributed by atoms with Crippen molar-refractivity contribution in [3.05, 3.63) is 0 Å². The Morgan fingerprint density at radius 3 is 2.25 bits per heavy atom. The third kappa shape index (κ3) is 5.56. The molecule has 0 aliphatic rings. The lowest BCUT2D eigenvalue weighted by atomic mass is 10.1. The monoisotopic (exact) mass is 250 g/mol. The van der Waals surface area contributed by atoms with Crippen molar-refractivity contribution in [1.82, 2.24) is 5.32 Å². The molecule has 2 atom stereocenters. The number of aliphatic carboxylic acids is 2. The molecule has 0 saturated heterocycles. The number of carboxylic acids is 2. The van der Waals surface area contributed by atoms with E-state index in [0.717, 1.165) is 0 Å². The minimum atomic E-state index is -1.21. The quantitative estimate of drug-likeness (QED) is 0.356. The Morgan fingerprint density at radius 2 is 1.88 bits per heavy atom. The van der Waals surface area contributed by atoms with Crippen LogP contribution < -0.4 is 11.1 Å². The molecule has 0 heterocycles. The van der Waals surface area contributed by atoms with Crippen LogP contribution in [0.1, 0.15) is 12.8 Å². The number of hydrogen-bond donors (Lipinski definition) is 5. The fourth-order valence-electron chi connectivity index (χ4n) is 0.874. The average Bonchev–Trinajstić information content (AvgIpc) is 2.21. The molecule has 0 fully saturated rings. The second kappa shape index (κ2) is 7.07. The van der Waals surface area contributed by atoms with Crippen LogP contribution in [0.3, 0.4) is 0 Å². The standard InChI is InChI=1S/C8H14N2O5S/c9-4(1-2-6(11)12)7(13)10-5(3-16)8(14)15/h4-5,16H,1-3,9H2,(H,10,13)(H,11,12)(H,14,15)/t4?,5-/m1/s1. The van der Waals surface area contributed by atoms with Gasteiger partial charge < -0.3 is 21.3 Å². The van der Waals surface area contributed by atoms with Crippen LogP contribution in [0, 0.1) is 0 Å². The maximum absolute atomic E-state index is 11.3. The maximum atomic E-state index is 11.3. The molecule has 1 amide bonds. The first kappa shape index (κ1) is 14.7. The molecule has 0 aliphatic heterocycles. The molecule has 0 aromatic rings. The number of amides is 1. The van der Waals surface area contributed by atoms with Crippen LogP contribution in [0.2, 0.25) is 0 Å². The van der Waals surface area contributed by atoms with Crippen LogP contribution in [-0.4, -0.2) is 45.9 Å². The minimum absolute atomic E-state index is 0.0416. The van der Waals surface area contributed by atoms with Gasteiger partial charge in [-0.25, -0.2) is 4.79 Å². The fraction of sp³-hybridized carbons (Fsp3) is 0.625. The van der Waals surface area contributed by atoms with Crippen molar-refractivity contribution in [2.45, 2.75) is 24.9 Å². The van der Waals surface area contributed by atoms with E-state index in [1.54, 1.807) is 0 Å². The van der Waals surface area contributed by atoms with E-state index in [4.69, 9.17) is 15.9 Å². The van der Waals surface area contributed by atoms with Crippen molar-refractivity contribution in [2.75, 3.05) is 5.75 Å². The van der Waals surface area contributed by atoms with Gasteiger partial charge in [0.2, 0.25) is 5.91 Å². The molecule has 0 bridgehead atoms. The molecular formula is C8H14N2O5S. The van der Waals surface area contributed by atoms with Crippen LogP contribution >= 0.6 is 12.6 Å². The Balaban J connectivity index is 4.13. The average molecular weight is 250 g/mol. The smallest absolute Gasteiger partial charge is 0.327 e. The predicted molar refractivity (Wildman–Crippen MR) is 58.3 cm³/mol. The Bertz CT molecular complexity index is 284. The van der Waals surface area contributed by atoms with Crippen molar-refractivity contribution >= 4 is 30.5 Å². The number of carboxylic acid groups (broad SMARTS) is 2. The highest BCUT2D eigenvalue weighted by Crippen LogP contribution is 1.96. The largest absolute Gasteiger partial charge is 0.481 e. The lowest BCUT2D eigenvalue weighted by molar-refractivity contribution is -0.141. The summed E-state index contributed by atoms with van der Waals surface area (Å²) in [5.74, 6) is -3.03. The SMILES string of the molecule is NC(CCC(=O)O)C(=O)N[C@H](CS)C(=O)O. The maximum Gasteiger partial charge on any atom is 0.327 e. The van der Waals surface area contributed by atoms with E-state index in [2.05, 4.69) is 17.9 Å². The summed E-state index contributed by atoms with van der Waals surface area (Å²) in [6.07, 6.45) is -0.284. The Hall–Kier alpha value is -1.28. The molecular weight excluding hydrogens is 236 g/mol. The van der Waals surface area contributed by atoms with Gasteiger partial charge in [0.25, 0.3) is 0 Å². The van der Waals surface area contributed by atoms with Crippen LogP contribution in [0.5, 0.6) is 0 Å². The van der Waals surface area contributed by atoms with Gasteiger partial charge in [-0.3, -0.25) is 9.59 Å². The lowest BCUT2D eigenvalue weighted by Crippen LogP contribution is -2.49. The van der Waals surface area contributed by atoms with Gasteiger partial charge in [0.1, 0.15) is 6.04 Å². The second-order valence-corrected chi connectivity index (χ2v) is 3.49. The van der Waals surface area contributed by atoms with Crippen molar-refractivity contribution in [2.24, 2.45) is 5.73 Å². The highest BCUT2D eigenvalue weighted by molar-refractivity contribution is 7.80. The number of nitrogens with two attached hydrogens (primary N) is 1. The second-order valence-electron chi connectivity index (χ2n) is 3.12. The first-order valence-electron chi connectivity index (χ1n) is 4.50. The van der Waals surface area contributed by atoms with Gasteiger partial charge in [-0.1, -0.05) is 0 Å². The van der Waals surface area contributed by atoms with Crippen molar-refractivity contribution in [1.29, 1.82) is 0 Å². The molecule has 5 N–H and O–H groups in total. The molecule has 0 saturated carbocycles. The lowest BCUT2D eigenvalue weighted by Gasteiger charge is -2.15. The summed E-state index contributed by atoms with van der Waals surface area (Å²) in [6, 6.07) is -2.15. The summed E-state index contributed by atoms with van der Waals surface area (Å²) in [5.41, 5.74) is 5.38. The Labute approximate surface area is 97.4 Å². The van der Waals surface area contributed by atoms with Gasteiger partial charge in [-0.05, 0) is 6.42 Å². The van der Waals surface area contributed by atoms with Gasteiger partial charge in [0.05, 0.1) is 6.04 Å². The topological polar surface area (TPSA) is 130 Å². The van der Waals surface area contributed by atoms with Gasteiger partial charge in [-0.15, -0.1) is 0 Å². The van der Waals surface area contributed by atoms with Gasteiger partial charge in [0.15, 0.2) is 0 Å². The molecule has 92 valence electrons. The normalized spacial score (nSPS) is 13.9. The summed E-state index contributed by atoms with van der Waals surface area (Å²) in [4.78, 5) is 32.1. The predicted octanol–water partition coefficient (Wildman–Crippen LogP) is -1.32. The summed E-state index contributed by atoms with van der Waals surface area (Å²) in [5, 5.41) is 19.1. The zero-order valence-electron chi connectivity index (χ0n) is 8.42. The molecule has 0 aliphatic carbocycles. The Kier molecular flexibility index (Phi) is 6.50. The first-order chi connectivity index (χ1) is 7.38. The van der Waals surface area contributed by atoms with Crippen LogP contribution in [0.15, 0.2) is 0 Å². The molecule has 8 heteroatoms. The molecule has 0 aromatic carbocycles. The van der Waals surface area contributed by atoms with E-state index >= 15 is 0 Å². The van der Waals surface area contributed by atoms with Crippen molar-refractivity contribution < 1.29 is 24.6 Å². The van der Waals surface area contributed by atoms with Crippen molar-refractivity contribution in [3.8, 4) is 0 Å². The fourth-order valence-corrected chi connectivity index (χ4v) is 1.12. The first-order valence-corrected chi connectivity index (χ1v) is 5.13. The molecule has 0 radical (unpaired) electrons. The van der Waals surface area contributed by atoms with Crippen molar-refractivity contribution in [3.63, 3.8) is 0 Å². The van der Waals surface area contributed by atoms with E-state index in [1.165, 1.54) is 0 Å². The Morgan fingerprint density at radius 1 is 1.31 bits per heavy atom. The highest BCUT2D eigenvalue weighted by atomic mass is 32.1. The number of thiol groups is 1. The molecule has 0 spiro atoms. The van der Waals surface area contributed by atoms with E-state index in [9.17, 15) is 14.4 Å². The van der Waals surface area contributed by atoms with E-state index in [1.807, 2.05) is 0 Å². The van der Waals surface area contributed by atoms with Crippen LogP contribution in [0.25, 0.3) is 0 Å². The van der Waals surface area contributed by atoms with Gasteiger partial charge in [-0.2, -0.15) is 12.6 Å². The third-order valence-electron chi connectivity index (χ3n) is 1.80. The number of nitrogens with one attached hydrogen (secondary N) is 1. The zero-order valence-corrected chi connectivity index (χ0v) is 9.31.